The van der Waals surface area contributed by atoms with Gasteiger partial charge in [0.25, 0.3) is 0 Å². The highest BCUT2D eigenvalue weighted by atomic mass is 16.5. The van der Waals surface area contributed by atoms with E-state index in [4.69, 9.17) is 21.4 Å². The number of hydrazine groups is 1. The Labute approximate surface area is 151 Å². The van der Waals surface area contributed by atoms with Crippen molar-refractivity contribution in [3.63, 3.8) is 0 Å². The number of carboxylic acid groups (broad SMARTS) is 1. The molecule has 0 saturated heterocycles. The number of hydrogen-bond acceptors (Lipinski definition) is 6. The number of hydrogen-bond donors (Lipinski definition) is 4. The maximum atomic E-state index is 10.8. The normalized spacial score (nSPS) is 11.9. The van der Waals surface area contributed by atoms with Crippen LogP contribution in [-0.2, 0) is 9.59 Å². The van der Waals surface area contributed by atoms with E-state index in [0.29, 0.717) is 17.7 Å². The molecular formula is C18H20N4O4. The largest absolute Gasteiger partial charge is 0.476 e. The van der Waals surface area contributed by atoms with Gasteiger partial charge >= 0.3 is 5.97 Å². The summed E-state index contributed by atoms with van der Waals surface area (Å²) in [5.74, 6) is 9.87. The lowest BCUT2D eigenvalue weighted by Crippen LogP contribution is -2.31. The Morgan fingerprint density at radius 3 is 2.50 bits per heavy atom. The van der Waals surface area contributed by atoms with Crippen LogP contribution in [0.2, 0.25) is 0 Å². The van der Waals surface area contributed by atoms with Crippen LogP contribution in [-0.4, -0.2) is 29.4 Å². The molecule has 8 heteroatoms. The summed E-state index contributed by atoms with van der Waals surface area (Å²) >= 11 is 0. The zero-order chi connectivity index (χ0) is 19.5. The fourth-order valence-electron chi connectivity index (χ4n) is 1.57. The molecule has 136 valence electrons. The SMILES string of the molecule is C/C=C(C#Cc1ccc(O/C(NN)=C(/N)C(=O)O)cc1)\C=C/N(C)C=O. The zero-order valence-corrected chi connectivity index (χ0v) is 14.4. The Kier molecular flexibility index (Phi) is 8.00. The molecule has 0 atom stereocenters. The Morgan fingerprint density at radius 1 is 1.35 bits per heavy atom. The first-order valence-electron chi connectivity index (χ1n) is 7.42. The van der Waals surface area contributed by atoms with Crippen LogP contribution in [0.3, 0.4) is 0 Å². The fraction of sp³-hybridized carbons (Fsp3) is 0.111. The van der Waals surface area contributed by atoms with E-state index < -0.39 is 11.7 Å². The van der Waals surface area contributed by atoms with Crippen molar-refractivity contribution in [3.05, 3.63) is 65.3 Å². The highest BCUT2D eigenvalue weighted by molar-refractivity contribution is 5.85. The summed E-state index contributed by atoms with van der Waals surface area (Å²) in [6.45, 7) is 1.84. The first-order valence-corrected chi connectivity index (χ1v) is 7.42. The molecule has 0 radical (unpaired) electrons. The Bertz CT molecular complexity index is 799. The molecule has 0 unspecified atom stereocenters. The number of nitrogens with one attached hydrogen (secondary N) is 1. The molecule has 0 bridgehead atoms. The molecule has 1 aromatic rings. The van der Waals surface area contributed by atoms with Gasteiger partial charge in [0.2, 0.25) is 12.3 Å². The van der Waals surface area contributed by atoms with Crippen LogP contribution in [0.5, 0.6) is 5.75 Å². The standard InChI is InChI=1S/C18H20N4O4/c1-3-13(10-11-22(2)12-23)4-5-14-6-8-15(9-7-14)26-17(21-20)16(19)18(24)25/h3,6-12,21H,19-20H2,1-2H3,(H,24,25)/b11-10-,13-3-,17-16+. The minimum absolute atomic E-state index is 0.267. The minimum atomic E-state index is -1.35. The van der Waals surface area contributed by atoms with E-state index >= 15 is 0 Å². The number of ether oxygens (including phenoxy) is 1. The number of carbonyl (C=O) groups excluding carboxylic acids is 1. The van der Waals surface area contributed by atoms with Crippen molar-refractivity contribution >= 4 is 12.4 Å². The number of benzene rings is 1. The van der Waals surface area contributed by atoms with Crippen molar-refractivity contribution in [3.8, 4) is 17.6 Å². The van der Waals surface area contributed by atoms with Gasteiger partial charge in [0.1, 0.15) is 5.75 Å². The van der Waals surface area contributed by atoms with Crippen molar-refractivity contribution in [1.82, 2.24) is 10.3 Å². The molecule has 6 N–H and O–H groups in total. The average Bonchev–Trinajstić information content (AvgIpc) is 2.66. The lowest BCUT2D eigenvalue weighted by molar-refractivity contribution is -0.133. The molecule has 1 rings (SSSR count). The lowest BCUT2D eigenvalue weighted by atomic mass is 10.2. The summed E-state index contributed by atoms with van der Waals surface area (Å²) in [6, 6.07) is 6.59. The summed E-state index contributed by atoms with van der Waals surface area (Å²) in [5, 5.41) is 8.83. The van der Waals surface area contributed by atoms with Gasteiger partial charge < -0.3 is 20.5 Å². The van der Waals surface area contributed by atoms with Gasteiger partial charge in [-0.3, -0.25) is 10.2 Å². The minimum Gasteiger partial charge on any atom is -0.476 e. The summed E-state index contributed by atoms with van der Waals surface area (Å²) in [5.41, 5.74) is 8.37. The monoisotopic (exact) mass is 356 g/mol. The number of carbonyl (C=O) groups is 2. The van der Waals surface area contributed by atoms with Gasteiger partial charge in [-0.1, -0.05) is 17.9 Å². The molecule has 8 nitrogen and oxygen atoms in total. The molecule has 1 aromatic carbocycles. The fourth-order valence-corrected chi connectivity index (χ4v) is 1.57. The second-order valence-corrected chi connectivity index (χ2v) is 4.90. The third-order valence-corrected chi connectivity index (χ3v) is 3.00. The highest BCUT2D eigenvalue weighted by Crippen LogP contribution is 2.14. The van der Waals surface area contributed by atoms with Crippen molar-refractivity contribution < 1.29 is 19.4 Å². The third kappa shape index (κ3) is 6.43. The summed E-state index contributed by atoms with van der Waals surface area (Å²) in [6.07, 6.45) is 5.83. The zero-order valence-electron chi connectivity index (χ0n) is 14.4. The van der Waals surface area contributed by atoms with Crippen LogP contribution in [0.15, 0.2) is 59.8 Å². The molecule has 0 aliphatic heterocycles. The van der Waals surface area contributed by atoms with Crippen LogP contribution in [0, 0.1) is 11.8 Å². The van der Waals surface area contributed by atoms with Gasteiger partial charge in [-0.05, 0) is 37.3 Å². The topological polar surface area (TPSA) is 131 Å². The van der Waals surface area contributed by atoms with Crippen LogP contribution >= 0.6 is 0 Å². The molecule has 0 saturated carbocycles. The van der Waals surface area contributed by atoms with Crippen LogP contribution in [0.25, 0.3) is 0 Å². The van der Waals surface area contributed by atoms with Gasteiger partial charge in [0, 0.05) is 24.4 Å². The molecule has 26 heavy (non-hydrogen) atoms. The van der Waals surface area contributed by atoms with Gasteiger partial charge in [-0.15, -0.1) is 0 Å². The molecule has 0 aliphatic rings. The van der Waals surface area contributed by atoms with Gasteiger partial charge in [-0.25, -0.2) is 10.6 Å². The summed E-state index contributed by atoms with van der Waals surface area (Å²) < 4.78 is 5.29. The second kappa shape index (κ2) is 10.2. The third-order valence-electron chi connectivity index (χ3n) is 3.00. The van der Waals surface area contributed by atoms with Gasteiger partial charge in [0.15, 0.2) is 5.70 Å². The molecule has 0 fully saturated rings. The van der Waals surface area contributed by atoms with Crippen LogP contribution in [0.1, 0.15) is 12.5 Å². The van der Waals surface area contributed by atoms with E-state index in [2.05, 4.69) is 17.3 Å². The van der Waals surface area contributed by atoms with E-state index in [0.717, 1.165) is 5.57 Å². The predicted octanol–water partition coefficient (Wildman–Crippen LogP) is 0.641. The first kappa shape index (κ1) is 20.3. The van der Waals surface area contributed by atoms with E-state index in [1.165, 1.54) is 4.90 Å². The second-order valence-electron chi connectivity index (χ2n) is 4.90. The summed E-state index contributed by atoms with van der Waals surface area (Å²) in [4.78, 5) is 22.7. The molecular weight excluding hydrogens is 336 g/mol. The van der Waals surface area contributed by atoms with Crippen LogP contribution < -0.4 is 21.7 Å². The quantitative estimate of drug-likeness (QED) is 0.107. The number of nitrogens with zero attached hydrogens (tertiary/aromatic N) is 1. The molecule has 0 heterocycles. The number of aliphatic carboxylic acids is 1. The number of rotatable bonds is 7. The number of carboxylic acids is 1. The first-order chi connectivity index (χ1) is 12.4. The smallest absolute Gasteiger partial charge is 0.357 e. The van der Waals surface area contributed by atoms with E-state index in [1.807, 2.05) is 13.0 Å². The summed E-state index contributed by atoms with van der Waals surface area (Å²) in [7, 11) is 1.62. The molecule has 1 amide bonds. The maximum absolute atomic E-state index is 10.8. The van der Waals surface area contributed by atoms with Crippen LogP contribution in [0.4, 0.5) is 0 Å². The van der Waals surface area contributed by atoms with Crippen molar-refractivity contribution in [2.24, 2.45) is 11.6 Å². The van der Waals surface area contributed by atoms with Gasteiger partial charge in [-0.2, -0.15) is 0 Å². The highest BCUT2D eigenvalue weighted by Gasteiger charge is 2.11. The number of allylic oxidation sites excluding steroid dienone is 3. The van der Waals surface area contributed by atoms with Crippen molar-refractivity contribution in [2.45, 2.75) is 6.92 Å². The molecule has 0 spiro atoms. The predicted molar refractivity (Wildman–Crippen MR) is 96.8 cm³/mol. The Morgan fingerprint density at radius 2 is 2.00 bits per heavy atom. The number of nitrogens with two attached hydrogens (primary N) is 2. The van der Waals surface area contributed by atoms with E-state index in [9.17, 15) is 9.59 Å². The van der Waals surface area contributed by atoms with E-state index in [1.54, 1.807) is 43.6 Å². The maximum Gasteiger partial charge on any atom is 0.357 e. The number of amides is 1. The van der Waals surface area contributed by atoms with E-state index in [-0.39, 0.29) is 5.88 Å². The molecule has 0 aliphatic carbocycles. The van der Waals surface area contributed by atoms with Crippen molar-refractivity contribution in [1.29, 1.82) is 0 Å². The Balaban J connectivity index is 2.89. The van der Waals surface area contributed by atoms with Gasteiger partial charge in [0.05, 0.1) is 0 Å². The lowest BCUT2D eigenvalue weighted by Gasteiger charge is -2.10. The van der Waals surface area contributed by atoms with Crippen molar-refractivity contribution in [2.75, 3.05) is 7.05 Å². The Hall–Kier alpha value is -3.70. The molecule has 0 aromatic heterocycles. The average molecular weight is 356 g/mol.